The summed E-state index contributed by atoms with van der Waals surface area (Å²) in [6.07, 6.45) is -28.3. The molecule has 0 spiro atoms. The molecule has 0 aliphatic heterocycles. The van der Waals surface area contributed by atoms with Crippen LogP contribution in [0.3, 0.4) is 0 Å². The van der Waals surface area contributed by atoms with Crippen LogP contribution in [0.15, 0.2) is 0 Å². The minimum absolute atomic E-state index is 0. The fourth-order valence-corrected chi connectivity index (χ4v) is 3.06. The van der Waals surface area contributed by atoms with Crippen molar-refractivity contribution in [3.8, 4) is 0 Å². The van der Waals surface area contributed by atoms with Crippen LogP contribution in [0.1, 0.15) is 0 Å². The maximum absolute atomic E-state index is 12.1. The zero-order valence-corrected chi connectivity index (χ0v) is 18.0. The Bertz CT molecular complexity index is 693. The largest absolute Gasteiger partial charge is 2.00 e. The first-order valence-corrected chi connectivity index (χ1v) is 9.65. The monoisotopic (exact) mass is 626 g/mol. The molecular weight excluding hydrogens is 626 g/mol. The Kier molecular flexibility index (Phi) is 11.4. The molecule has 0 saturated carbocycles. The number of hydrogen-bond donors (Lipinski definition) is 0. The quantitative estimate of drug-likeness (QED) is 0.235. The number of halogens is 20. The Hall–Kier alpha value is -0.254. The molecular formula is C8F20MgO4P2. The summed E-state index contributed by atoms with van der Waals surface area (Å²) in [7, 11) is -17.0. The van der Waals surface area contributed by atoms with Crippen molar-refractivity contribution in [1.82, 2.24) is 0 Å². The van der Waals surface area contributed by atoms with Crippen molar-refractivity contribution in [1.29, 1.82) is 0 Å². The Labute approximate surface area is 192 Å². The van der Waals surface area contributed by atoms with Gasteiger partial charge < -0.3 is 18.9 Å². The third kappa shape index (κ3) is 6.61. The summed E-state index contributed by atoms with van der Waals surface area (Å²) in [5, 5.41) is 0. The molecule has 4 nitrogen and oxygen atoms in total. The summed E-state index contributed by atoms with van der Waals surface area (Å²) in [5.74, 6) is 0. The van der Waals surface area contributed by atoms with Gasteiger partial charge in [0.25, 0.3) is 0 Å². The van der Waals surface area contributed by atoms with Crippen LogP contribution < -0.4 is 9.79 Å². The normalized spacial score (nSPS) is 15.7. The van der Waals surface area contributed by atoms with E-state index in [0.717, 1.165) is 0 Å². The second kappa shape index (κ2) is 10.1. The van der Waals surface area contributed by atoms with E-state index in [-0.39, 0.29) is 23.1 Å². The molecule has 0 aromatic heterocycles. The van der Waals surface area contributed by atoms with Crippen molar-refractivity contribution < 1.29 is 107 Å². The zero-order chi connectivity index (χ0) is 29.0. The minimum atomic E-state index is -8.51. The average molecular weight is 626 g/mol. The van der Waals surface area contributed by atoms with Gasteiger partial charge in [-0.15, -0.1) is 0 Å². The molecule has 27 heteroatoms. The van der Waals surface area contributed by atoms with Crippen LogP contribution in [0.4, 0.5) is 87.8 Å². The molecule has 0 amide bonds. The van der Waals surface area contributed by atoms with E-state index in [2.05, 4.69) is 0 Å². The molecule has 0 aromatic carbocycles. The van der Waals surface area contributed by atoms with Crippen LogP contribution in [0.2, 0.25) is 0 Å². The van der Waals surface area contributed by atoms with Crippen molar-refractivity contribution >= 4 is 37.8 Å². The topological polar surface area (TPSA) is 80.3 Å². The van der Waals surface area contributed by atoms with Crippen LogP contribution in [-0.2, 0) is 9.13 Å². The molecule has 0 rings (SSSR count). The van der Waals surface area contributed by atoms with E-state index in [1.54, 1.807) is 0 Å². The van der Waals surface area contributed by atoms with Gasteiger partial charge in [-0.1, -0.05) is 0 Å². The molecule has 0 bridgehead atoms. The van der Waals surface area contributed by atoms with E-state index in [1.807, 2.05) is 0 Å². The third-order valence-electron chi connectivity index (χ3n) is 2.84. The molecule has 0 aromatic rings. The summed E-state index contributed by atoms with van der Waals surface area (Å²) in [6.45, 7) is 0. The Morgan fingerprint density at radius 3 is 0.486 bits per heavy atom. The predicted octanol–water partition coefficient (Wildman–Crippen LogP) is 5.49. The zero-order valence-electron chi connectivity index (χ0n) is 14.8. The molecule has 0 unspecified atom stereocenters. The number of alkyl halides is 20. The Morgan fingerprint density at radius 1 is 0.343 bits per heavy atom. The van der Waals surface area contributed by atoms with Crippen molar-refractivity contribution in [2.24, 2.45) is 0 Å². The van der Waals surface area contributed by atoms with Gasteiger partial charge >= 0.3 is 70.4 Å². The van der Waals surface area contributed by atoms with Gasteiger partial charge in [0.1, 0.15) is 0 Å². The second-order valence-electron chi connectivity index (χ2n) is 5.26. The molecule has 0 saturated heterocycles. The molecule has 0 fully saturated rings. The van der Waals surface area contributed by atoms with Crippen molar-refractivity contribution in [2.45, 2.75) is 47.4 Å². The Balaban J connectivity index is -0.000000569. The average Bonchev–Trinajstić information content (AvgIpc) is 2.50. The number of hydrogen-bond acceptors (Lipinski definition) is 4. The van der Waals surface area contributed by atoms with Crippen LogP contribution in [0.25, 0.3) is 0 Å². The molecule has 208 valence electrons. The van der Waals surface area contributed by atoms with E-state index >= 15 is 0 Å². The van der Waals surface area contributed by atoms with Gasteiger partial charge in [0, 0.05) is 0 Å². The van der Waals surface area contributed by atoms with Crippen LogP contribution in [0.5, 0.6) is 0 Å². The summed E-state index contributed by atoms with van der Waals surface area (Å²) in [6, 6.07) is 0. The predicted molar refractivity (Wildman–Crippen MR) is 65.0 cm³/mol. The van der Waals surface area contributed by atoms with Crippen LogP contribution >= 0.6 is 14.7 Å². The van der Waals surface area contributed by atoms with Gasteiger partial charge in [0.15, 0.2) is 14.7 Å². The molecule has 0 N–H and O–H groups in total. The molecule has 0 aliphatic carbocycles. The van der Waals surface area contributed by atoms with E-state index < -0.39 is 62.1 Å². The molecule has 0 radical (unpaired) electrons. The van der Waals surface area contributed by atoms with Crippen LogP contribution in [-0.4, -0.2) is 70.4 Å². The van der Waals surface area contributed by atoms with E-state index in [0.29, 0.717) is 0 Å². The standard InChI is InChI=1S/2C4HF10O2P.Mg/c2*5-1(6,7)3(11,12)17(15,16)4(13,14)2(8,9)10;/h2*(H,15,16);/q;;+2/p-2. The first-order chi connectivity index (χ1) is 14.0. The first kappa shape index (κ1) is 39.3. The van der Waals surface area contributed by atoms with E-state index in [9.17, 15) is 107 Å². The van der Waals surface area contributed by atoms with Gasteiger partial charge in [-0.2, -0.15) is 87.8 Å². The number of rotatable bonds is 4. The van der Waals surface area contributed by atoms with Crippen molar-refractivity contribution in [2.75, 3.05) is 0 Å². The van der Waals surface area contributed by atoms with Crippen molar-refractivity contribution in [3.05, 3.63) is 0 Å². The minimum Gasteiger partial charge on any atom is -0.790 e. The van der Waals surface area contributed by atoms with Gasteiger partial charge in [-0.3, -0.25) is 0 Å². The SMILES string of the molecule is O=P([O-])(C(F)(F)C(F)(F)F)C(F)(F)C(F)(F)F.O=P([O-])(C(F)(F)C(F)(F)F)C(F)(F)C(F)(F)F.[Mg+2]. The summed E-state index contributed by atoms with van der Waals surface area (Å²) < 4.78 is 254. The Morgan fingerprint density at radius 2 is 0.429 bits per heavy atom. The summed E-state index contributed by atoms with van der Waals surface area (Å²) in [5.41, 5.74) is -28.8. The maximum atomic E-state index is 12.1. The summed E-state index contributed by atoms with van der Waals surface area (Å²) >= 11 is 0. The van der Waals surface area contributed by atoms with Gasteiger partial charge in [-0.05, 0) is 0 Å². The first-order valence-electron chi connectivity index (χ1n) is 6.40. The fraction of sp³-hybridized carbons (Fsp3) is 1.00. The van der Waals surface area contributed by atoms with Crippen molar-refractivity contribution in [3.63, 3.8) is 0 Å². The van der Waals surface area contributed by atoms with Gasteiger partial charge in [-0.25, -0.2) is 0 Å². The maximum Gasteiger partial charge on any atom is 2.00 e. The fourth-order valence-electron chi connectivity index (χ4n) is 1.02. The van der Waals surface area contributed by atoms with Gasteiger partial charge in [0.05, 0.1) is 0 Å². The third-order valence-corrected chi connectivity index (χ3v) is 6.82. The van der Waals surface area contributed by atoms with Crippen LogP contribution in [0, 0.1) is 0 Å². The van der Waals surface area contributed by atoms with Gasteiger partial charge in [0.2, 0.25) is 0 Å². The molecule has 0 heterocycles. The molecule has 35 heavy (non-hydrogen) atoms. The summed E-state index contributed by atoms with van der Waals surface area (Å²) in [4.78, 5) is 20.1. The van der Waals surface area contributed by atoms with E-state index in [4.69, 9.17) is 0 Å². The smallest absolute Gasteiger partial charge is 0.790 e. The molecule has 0 aliphatic rings. The second-order valence-corrected chi connectivity index (χ2v) is 9.71. The molecule has 0 atom stereocenters. The van der Waals surface area contributed by atoms with E-state index in [1.165, 1.54) is 0 Å².